The van der Waals surface area contributed by atoms with Gasteiger partial charge in [0, 0.05) is 13.0 Å². The van der Waals surface area contributed by atoms with E-state index in [1.807, 2.05) is 0 Å². The molecule has 156 valence electrons. The van der Waals surface area contributed by atoms with E-state index in [9.17, 15) is 23.7 Å². The molecule has 0 aliphatic heterocycles. The average Bonchev–Trinajstić information content (AvgIpc) is 2.48. The number of ether oxygens (including phenoxy) is 1. The maximum Gasteiger partial charge on any atom is 0.479 e. The van der Waals surface area contributed by atoms with Crippen molar-refractivity contribution in [3.63, 3.8) is 0 Å². The van der Waals surface area contributed by atoms with Crippen molar-refractivity contribution in [1.82, 2.24) is 5.32 Å². The van der Waals surface area contributed by atoms with E-state index in [2.05, 4.69) is 26.0 Å². The van der Waals surface area contributed by atoms with Crippen LogP contribution in [0.25, 0.3) is 0 Å². The largest absolute Gasteiger partial charge is 0.479 e. The highest BCUT2D eigenvalue weighted by atomic mass is 31.3. The molecule has 0 spiro atoms. The Morgan fingerprint density at radius 2 is 1.93 bits per heavy atom. The Kier molecular flexibility index (Phi) is 9.67. The summed E-state index contributed by atoms with van der Waals surface area (Å²) in [6.07, 6.45) is 4.53. The molecule has 11 heteroatoms. The molecule has 3 N–H and O–H groups in total. The lowest BCUT2D eigenvalue weighted by molar-refractivity contribution is -0.126. The third kappa shape index (κ3) is 9.87. The minimum Gasteiger partial charge on any atom is -0.356 e. The molecule has 1 amide bonds. The molecule has 0 fully saturated rings. The first-order chi connectivity index (χ1) is 12.4. The zero-order valence-corrected chi connectivity index (χ0v) is 17.8. The first kappa shape index (κ1) is 24.3. The molecule has 0 aromatic carbocycles. The van der Waals surface area contributed by atoms with Crippen LogP contribution in [-0.2, 0) is 27.5 Å². The highest BCUT2D eigenvalue weighted by Crippen LogP contribution is 2.65. The second-order valence-electron chi connectivity index (χ2n) is 7.14. The highest BCUT2D eigenvalue weighted by molar-refractivity contribution is 7.64. The quantitative estimate of drug-likeness (QED) is 0.292. The van der Waals surface area contributed by atoms with Gasteiger partial charge in [-0.05, 0) is 40.0 Å². The Morgan fingerprint density at radius 1 is 1.22 bits per heavy atom. The van der Waals surface area contributed by atoms with Gasteiger partial charge in [-0.2, -0.15) is 0 Å². The highest BCUT2D eigenvalue weighted by Gasteiger charge is 2.43. The van der Waals surface area contributed by atoms with Gasteiger partial charge in [0.15, 0.2) is 0 Å². The fraction of sp³-hybridized carbons (Fsp3) is 0.812. The van der Waals surface area contributed by atoms with E-state index in [4.69, 9.17) is 4.74 Å². The van der Waals surface area contributed by atoms with Crippen LogP contribution in [0.15, 0.2) is 0 Å². The number of hydrogen-bond acceptors (Lipinski definition) is 6. The van der Waals surface area contributed by atoms with Gasteiger partial charge in [0.2, 0.25) is 5.91 Å². The molecule has 0 aromatic heterocycles. The van der Waals surface area contributed by atoms with Crippen molar-refractivity contribution in [3.05, 3.63) is 0 Å². The molecule has 27 heavy (non-hydrogen) atoms. The summed E-state index contributed by atoms with van der Waals surface area (Å²) >= 11 is 0. The van der Waals surface area contributed by atoms with Crippen molar-refractivity contribution in [1.29, 1.82) is 0 Å². The summed E-state index contributed by atoms with van der Waals surface area (Å²) in [4.78, 5) is 31.0. The molecular weight excluding hydrogens is 396 g/mol. The molecule has 9 nitrogen and oxygen atoms in total. The Morgan fingerprint density at radius 3 is 2.59 bits per heavy atom. The van der Waals surface area contributed by atoms with Crippen molar-refractivity contribution in [2.45, 2.75) is 64.1 Å². The summed E-state index contributed by atoms with van der Waals surface area (Å²) in [5.74, 6) is 5.58. The van der Waals surface area contributed by atoms with E-state index in [-0.39, 0.29) is 25.9 Å². The third-order valence-corrected chi connectivity index (χ3v) is 7.60. The van der Waals surface area contributed by atoms with Crippen LogP contribution < -0.4 is 5.32 Å². The molecule has 1 aliphatic rings. The van der Waals surface area contributed by atoms with Crippen LogP contribution in [0.5, 0.6) is 0 Å². The van der Waals surface area contributed by atoms with Gasteiger partial charge in [-0.25, -0.2) is 8.88 Å². The maximum atomic E-state index is 11.9. The molecule has 3 unspecified atom stereocenters. The van der Waals surface area contributed by atoms with E-state index in [1.165, 1.54) is 20.8 Å². The zero-order valence-electron chi connectivity index (χ0n) is 16.0. The van der Waals surface area contributed by atoms with E-state index in [1.54, 1.807) is 0 Å². The molecule has 0 saturated carbocycles. The zero-order chi connectivity index (χ0) is 20.6. The summed E-state index contributed by atoms with van der Waals surface area (Å²) < 4.78 is 38.1. The fourth-order valence-corrected chi connectivity index (χ4v) is 4.58. The number of phosphoric acid groups is 1. The molecule has 3 atom stereocenters. The smallest absolute Gasteiger partial charge is 0.356 e. The summed E-state index contributed by atoms with van der Waals surface area (Å²) in [5, 5.41) is 1.22. The van der Waals surface area contributed by atoms with Gasteiger partial charge in [-0.3, -0.25) is 13.9 Å². The van der Waals surface area contributed by atoms with E-state index in [0.717, 1.165) is 32.1 Å². The van der Waals surface area contributed by atoms with E-state index in [0.29, 0.717) is 0 Å². The van der Waals surface area contributed by atoms with Crippen LogP contribution >= 0.6 is 15.4 Å². The van der Waals surface area contributed by atoms with Gasteiger partial charge in [-0.1, -0.05) is 12.3 Å². The molecular formula is C16H29NO8P2. The normalized spacial score (nSPS) is 22.3. The van der Waals surface area contributed by atoms with Crippen LogP contribution in [0.1, 0.15) is 52.9 Å². The van der Waals surface area contributed by atoms with Gasteiger partial charge < -0.3 is 19.8 Å². The number of rotatable bonds is 9. The van der Waals surface area contributed by atoms with Gasteiger partial charge in [0.1, 0.15) is 12.7 Å². The number of amides is 1. The van der Waals surface area contributed by atoms with Crippen LogP contribution in [0.4, 0.5) is 0 Å². The van der Waals surface area contributed by atoms with Gasteiger partial charge in [0.25, 0.3) is 0 Å². The Hall–Kier alpha value is -0.710. The number of hydrogen-bond donors (Lipinski definition) is 3. The summed E-state index contributed by atoms with van der Waals surface area (Å²) in [6, 6.07) is 0. The fourth-order valence-electron chi connectivity index (χ4n) is 1.97. The van der Waals surface area contributed by atoms with Crippen LogP contribution in [0.2, 0.25) is 0 Å². The monoisotopic (exact) mass is 425 g/mol. The van der Waals surface area contributed by atoms with Crippen LogP contribution in [0, 0.1) is 11.8 Å². The van der Waals surface area contributed by atoms with Crippen LogP contribution in [0.3, 0.4) is 0 Å². The second kappa shape index (κ2) is 10.7. The lowest BCUT2D eigenvalue weighted by Gasteiger charge is -2.26. The Labute approximate surface area is 160 Å². The van der Waals surface area contributed by atoms with Gasteiger partial charge >= 0.3 is 15.4 Å². The predicted octanol–water partition coefficient (Wildman–Crippen LogP) is 2.57. The van der Waals surface area contributed by atoms with E-state index < -0.39 is 26.5 Å². The number of carbonyl (C=O) groups is 1. The minimum absolute atomic E-state index is 0.0856. The van der Waals surface area contributed by atoms with Crippen molar-refractivity contribution in [2.24, 2.45) is 0 Å². The number of nitrogens with one attached hydrogen (secondary N) is 1. The van der Waals surface area contributed by atoms with Gasteiger partial charge in [-0.15, -0.1) is 5.92 Å². The first-order valence-electron chi connectivity index (χ1n) is 8.81. The first-order valence-corrected chi connectivity index (χ1v) is 11.9. The molecule has 0 bridgehead atoms. The van der Waals surface area contributed by atoms with Crippen molar-refractivity contribution >= 4 is 21.3 Å². The Balaban J connectivity index is 2.29. The van der Waals surface area contributed by atoms with Crippen molar-refractivity contribution in [2.75, 3.05) is 19.8 Å². The lowest BCUT2D eigenvalue weighted by atomic mass is 10.1. The number of phosphoric ester groups is 1. The van der Waals surface area contributed by atoms with Crippen molar-refractivity contribution < 1.29 is 37.3 Å². The molecule has 1 rings (SSSR count). The lowest BCUT2D eigenvalue weighted by Crippen LogP contribution is -2.32. The van der Waals surface area contributed by atoms with Crippen molar-refractivity contribution in [3.8, 4) is 11.8 Å². The summed E-state index contributed by atoms with van der Waals surface area (Å²) in [5.41, 5.74) is 0. The van der Waals surface area contributed by atoms with Crippen LogP contribution in [-0.4, -0.2) is 46.7 Å². The molecule has 0 heterocycles. The van der Waals surface area contributed by atoms with E-state index >= 15 is 0 Å². The average molecular weight is 425 g/mol. The molecule has 0 aromatic rings. The molecule has 0 saturated heterocycles. The number of carbonyl (C=O) groups excluding carboxylic acids is 1. The second-order valence-corrected chi connectivity index (χ2v) is 11.4. The summed E-state index contributed by atoms with van der Waals surface area (Å²) in [6.45, 7) is 3.56. The predicted molar refractivity (Wildman–Crippen MR) is 100 cm³/mol. The Bertz CT molecular complexity index is 649. The SMILES string of the molecule is CC(C)(C)P(=O)(O)OP(=O)(O)OCCNC(=O)COC1C#CCCCCC1. The minimum atomic E-state index is -4.73. The maximum absolute atomic E-state index is 11.9. The van der Waals surface area contributed by atoms with Gasteiger partial charge in [0.05, 0.1) is 11.8 Å². The molecule has 0 radical (unpaired) electrons. The molecule has 1 aliphatic carbocycles. The standard InChI is InChI=1S/C16H29NO8P2/c1-16(2,3)26(19,20)25-27(21,22)24-12-11-17-15(18)13-23-14-9-7-5-4-6-8-10-14/h14H,4-7,9,11-13H2,1-3H3,(H,17,18)(H,19,20)(H,21,22). The summed E-state index contributed by atoms with van der Waals surface area (Å²) in [7, 11) is -9.09. The third-order valence-electron chi connectivity index (χ3n) is 3.69. The topological polar surface area (TPSA) is 131 Å².